The fourth-order valence-corrected chi connectivity index (χ4v) is 3.31. The molecule has 0 saturated carbocycles. The average Bonchev–Trinajstić information content (AvgIpc) is 2.41. The summed E-state index contributed by atoms with van der Waals surface area (Å²) in [5, 5.41) is 0. The molecule has 1 unspecified atom stereocenters. The fourth-order valence-electron chi connectivity index (χ4n) is 1.79. The van der Waals surface area contributed by atoms with E-state index in [1.165, 1.54) is 12.1 Å². The monoisotopic (exact) mass is 357 g/mol. The zero-order valence-corrected chi connectivity index (χ0v) is 13.1. The highest BCUT2D eigenvalue weighted by Crippen LogP contribution is 2.27. The van der Waals surface area contributed by atoms with E-state index in [0.29, 0.717) is 17.7 Å². The molecule has 5 heteroatoms. The summed E-state index contributed by atoms with van der Waals surface area (Å²) in [7, 11) is 0. The lowest BCUT2D eigenvalue weighted by Crippen LogP contribution is -2.26. The summed E-state index contributed by atoms with van der Waals surface area (Å²) in [6.45, 7) is 0. The van der Waals surface area contributed by atoms with Gasteiger partial charge in [0.1, 0.15) is 11.6 Å². The van der Waals surface area contributed by atoms with Gasteiger partial charge >= 0.3 is 0 Å². The Morgan fingerprint density at radius 3 is 2.60 bits per heavy atom. The van der Waals surface area contributed by atoms with Crippen molar-refractivity contribution < 1.29 is 8.78 Å². The van der Waals surface area contributed by atoms with Gasteiger partial charge in [-0.15, -0.1) is 11.8 Å². The number of hydrogen-bond acceptors (Lipinski definition) is 2. The highest BCUT2D eigenvalue weighted by Gasteiger charge is 2.10. The molecule has 1 nitrogen and oxygen atoms in total. The molecule has 1 atom stereocenters. The molecule has 0 aliphatic carbocycles. The lowest BCUT2D eigenvalue weighted by molar-refractivity contribution is 0.565. The molecule has 0 saturated heterocycles. The van der Waals surface area contributed by atoms with Gasteiger partial charge in [0.05, 0.1) is 0 Å². The van der Waals surface area contributed by atoms with Crippen molar-refractivity contribution in [3.8, 4) is 0 Å². The largest absolute Gasteiger partial charge is 0.327 e. The number of nitrogens with two attached hydrogens (primary N) is 1. The van der Waals surface area contributed by atoms with E-state index in [1.54, 1.807) is 11.8 Å². The molecule has 106 valence electrons. The Labute approximate surface area is 129 Å². The Hall–Kier alpha value is -0.910. The zero-order valence-electron chi connectivity index (χ0n) is 10.7. The van der Waals surface area contributed by atoms with Gasteiger partial charge in [0.15, 0.2) is 0 Å². The molecule has 0 fully saturated rings. The fraction of sp³-hybridized carbons (Fsp3) is 0.200. The highest BCUT2D eigenvalue weighted by atomic mass is 79.9. The summed E-state index contributed by atoms with van der Waals surface area (Å²) in [6.07, 6.45) is 0.392. The maximum atomic E-state index is 13.5. The van der Waals surface area contributed by atoms with Crippen LogP contribution in [0.2, 0.25) is 0 Å². The van der Waals surface area contributed by atoms with E-state index in [-0.39, 0.29) is 6.04 Å². The zero-order chi connectivity index (χ0) is 14.5. The average molecular weight is 358 g/mol. The van der Waals surface area contributed by atoms with E-state index in [0.717, 1.165) is 15.4 Å². The van der Waals surface area contributed by atoms with Gasteiger partial charge < -0.3 is 5.73 Å². The normalized spacial score (nSPS) is 12.4. The Bertz CT molecular complexity index is 592. The second kappa shape index (κ2) is 7.20. The van der Waals surface area contributed by atoms with Crippen LogP contribution in [0.25, 0.3) is 0 Å². The van der Waals surface area contributed by atoms with Gasteiger partial charge in [-0.1, -0.05) is 18.2 Å². The van der Waals surface area contributed by atoms with Crippen LogP contribution in [0.4, 0.5) is 8.78 Å². The van der Waals surface area contributed by atoms with Crippen LogP contribution < -0.4 is 5.73 Å². The molecule has 2 rings (SSSR count). The quantitative estimate of drug-likeness (QED) is 0.803. The molecule has 0 aromatic heterocycles. The molecule has 2 aromatic rings. The van der Waals surface area contributed by atoms with Gasteiger partial charge in [0.25, 0.3) is 0 Å². The standard InChI is InChI=1S/C15H14BrF2NS/c16-13-3-1-2-4-15(13)20-9-12(19)7-10-5-6-11(17)8-14(10)18/h1-6,8,12H,7,9,19H2. The smallest absolute Gasteiger partial charge is 0.129 e. The third-order valence-corrected chi connectivity index (χ3v) is 5.00. The van der Waals surface area contributed by atoms with E-state index in [1.807, 2.05) is 24.3 Å². The summed E-state index contributed by atoms with van der Waals surface area (Å²) < 4.78 is 27.4. The van der Waals surface area contributed by atoms with Crippen LogP contribution in [0.5, 0.6) is 0 Å². The van der Waals surface area contributed by atoms with Crippen molar-refractivity contribution in [2.24, 2.45) is 5.73 Å². The first-order valence-corrected chi connectivity index (χ1v) is 7.91. The second-order valence-corrected chi connectivity index (χ2v) is 6.36. The van der Waals surface area contributed by atoms with Gasteiger partial charge in [-0.25, -0.2) is 8.78 Å². The molecule has 0 bridgehead atoms. The van der Waals surface area contributed by atoms with Crippen LogP contribution in [0, 0.1) is 11.6 Å². The number of thioether (sulfide) groups is 1. The number of hydrogen-bond donors (Lipinski definition) is 1. The summed E-state index contributed by atoms with van der Waals surface area (Å²) >= 11 is 5.08. The van der Waals surface area contributed by atoms with E-state index in [9.17, 15) is 8.78 Å². The molecule has 0 spiro atoms. The van der Waals surface area contributed by atoms with Crippen LogP contribution in [-0.2, 0) is 6.42 Å². The molecular weight excluding hydrogens is 344 g/mol. The van der Waals surface area contributed by atoms with Crippen LogP contribution in [0.15, 0.2) is 51.8 Å². The van der Waals surface area contributed by atoms with E-state index in [4.69, 9.17) is 5.73 Å². The van der Waals surface area contributed by atoms with E-state index in [2.05, 4.69) is 15.9 Å². The maximum absolute atomic E-state index is 13.5. The van der Waals surface area contributed by atoms with Gasteiger partial charge in [-0.3, -0.25) is 0 Å². The number of halogens is 3. The predicted octanol–water partition coefficient (Wildman–Crippen LogP) is 4.39. The predicted molar refractivity (Wildman–Crippen MR) is 82.9 cm³/mol. The molecule has 20 heavy (non-hydrogen) atoms. The first-order chi connectivity index (χ1) is 9.56. The van der Waals surface area contributed by atoms with Gasteiger partial charge in [0.2, 0.25) is 0 Å². The highest BCUT2D eigenvalue weighted by molar-refractivity contribution is 9.10. The third kappa shape index (κ3) is 4.30. The Balaban J connectivity index is 1.92. The minimum absolute atomic E-state index is 0.188. The second-order valence-electron chi connectivity index (χ2n) is 4.44. The SMILES string of the molecule is NC(CSc1ccccc1Br)Cc1ccc(F)cc1F. The van der Waals surface area contributed by atoms with Crippen molar-refractivity contribution in [3.05, 3.63) is 64.1 Å². The lowest BCUT2D eigenvalue weighted by Gasteiger charge is -2.12. The van der Waals surface area contributed by atoms with Gasteiger partial charge in [-0.2, -0.15) is 0 Å². The lowest BCUT2D eigenvalue weighted by atomic mass is 10.1. The summed E-state index contributed by atoms with van der Waals surface area (Å²) in [5.74, 6) is -0.437. The summed E-state index contributed by atoms with van der Waals surface area (Å²) in [6, 6.07) is 11.3. The maximum Gasteiger partial charge on any atom is 0.129 e. The summed E-state index contributed by atoms with van der Waals surface area (Å²) in [5.41, 5.74) is 6.46. The van der Waals surface area contributed by atoms with E-state index >= 15 is 0 Å². The Kier molecular flexibility index (Phi) is 5.57. The molecule has 0 amide bonds. The molecule has 0 radical (unpaired) electrons. The minimum atomic E-state index is -0.567. The van der Waals surface area contributed by atoms with Crippen molar-refractivity contribution in [2.45, 2.75) is 17.4 Å². The molecule has 0 heterocycles. The van der Waals surface area contributed by atoms with Crippen LogP contribution >= 0.6 is 27.7 Å². The minimum Gasteiger partial charge on any atom is -0.327 e. The van der Waals surface area contributed by atoms with Crippen LogP contribution in [0.1, 0.15) is 5.56 Å². The Morgan fingerprint density at radius 2 is 1.90 bits per heavy atom. The first-order valence-electron chi connectivity index (χ1n) is 6.13. The van der Waals surface area contributed by atoms with Crippen LogP contribution in [0.3, 0.4) is 0 Å². The van der Waals surface area contributed by atoms with Crippen molar-refractivity contribution in [3.63, 3.8) is 0 Å². The molecule has 0 aliphatic rings. The number of rotatable bonds is 5. The van der Waals surface area contributed by atoms with E-state index < -0.39 is 11.6 Å². The van der Waals surface area contributed by atoms with Crippen LogP contribution in [-0.4, -0.2) is 11.8 Å². The summed E-state index contributed by atoms with van der Waals surface area (Å²) in [4.78, 5) is 1.10. The van der Waals surface area contributed by atoms with Gasteiger partial charge in [-0.05, 0) is 46.1 Å². The van der Waals surface area contributed by atoms with Gasteiger partial charge in [0, 0.05) is 27.2 Å². The molecule has 2 aromatic carbocycles. The number of benzene rings is 2. The topological polar surface area (TPSA) is 26.0 Å². The molecule has 0 aliphatic heterocycles. The first kappa shape index (κ1) is 15.5. The third-order valence-electron chi connectivity index (χ3n) is 2.79. The Morgan fingerprint density at radius 1 is 1.15 bits per heavy atom. The molecule has 2 N–H and O–H groups in total. The van der Waals surface area contributed by atoms with Crippen molar-refractivity contribution in [2.75, 3.05) is 5.75 Å². The van der Waals surface area contributed by atoms with Crippen molar-refractivity contribution in [1.29, 1.82) is 0 Å². The van der Waals surface area contributed by atoms with Crippen molar-refractivity contribution in [1.82, 2.24) is 0 Å². The molecular formula is C15H14BrF2NS. The van der Waals surface area contributed by atoms with Crippen molar-refractivity contribution >= 4 is 27.7 Å².